The molecule has 0 bridgehead atoms. The van der Waals surface area contributed by atoms with Crippen molar-refractivity contribution in [1.29, 1.82) is 0 Å². The average molecular weight is 675 g/mol. The summed E-state index contributed by atoms with van der Waals surface area (Å²) in [5.41, 5.74) is 11.2. The minimum absolute atomic E-state index is 0.206. The second kappa shape index (κ2) is 19.3. The quantitative estimate of drug-likeness (QED) is 0.0608. The standard InChI is InChI=1S/C27H46N8O12/c1-12(2)20(29)27(47)35-8-4-5-17(35)25(45)34-21(13(3)38)26(46)31-14(6-7-18(28)39)23(43)33-16(11-37)24(44)32-15(10-36)22(42)30-9-19(40)41/h12-17,20-21,36-38H,4-11,29H2,1-3H3,(H2,28,39)(H,30,42)(H,31,46)(H,32,44)(H,33,43)(H,34,45)(H,40,41)/t13-,14+,15+,16+,17+,20+,21+/m1/s1. The highest BCUT2D eigenvalue weighted by molar-refractivity contribution is 5.97. The molecule has 0 spiro atoms. The minimum Gasteiger partial charge on any atom is -0.480 e. The summed E-state index contributed by atoms with van der Waals surface area (Å²) in [4.78, 5) is 101. The van der Waals surface area contributed by atoms with E-state index in [0.29, 0.717) is 6.42 Å². The van der Waals surface area contributed by atoms with Gasteiger partial charge in [0, 0.05) is 13.0 Å². The monoisotopic (exact) mass is 674 g/mol. The molecule has 1 heterocycles. The predicted molar refractivity (Wildman–Crippen MR) is 160 cm³/mol. The smallest absolute Gasteiger partial charge is 0.322 e. The number of hydrogen-bond acceptors (Lipinski definition) is 12. The number of primary amides is 1. The van der Waals surface area contributed by atoms with E-state index in [4.69, 9.17) is 16.6 Å². The third-order valence-electron chi connectivity index (χ3n) is 7.26. The summed E-state index contributed by atoms with van der Waals surface area (Å²) in [5, 5.41) is 48.9. The Morgan fingerprint density at radius 1 is 0.830 bits per heavy atom. The molecule has 47 heavy (non-hydrogen) atoms. The maximum absolute atomic E-state index is 13.2. The Morgan fingerprint density at radius 3 is 1.85 bits per heavy atom. The Balaban J connectivity index is 3.06. The molecule has 0 aromatic heterocycles. The Hall–Kier alpha value is -4.40. The van der Waals surface area contributed by atoms with Crippen molar-refractivity contribution in [2.24, 2.45) is 17.4 Å². The molecule has 0 aliphatic carbocycles. The summed E-state index contributed by atoms with van der Waals surface area (Å²) in [5.74, 6) is -8.11. The van der Waals surface area contributed by atoms with Crippen LogP contribution in [0.4, 0.5) is 0 Å². The van der Waals surface area contributed by atoms with Gasteiger partial charge in [-0.05, 0) is 32.1 Å². The van der Waals surface area contributed by atoms with E-state index in [1.165, 1.54) is 11.8 Å². The number of aliphatic carboxylic acids is 1. The van der Waals surface area contributed by atoms with Gasteiger partial charge in [-0.3, -0.25) is 38.4 Å². The highest BCUT2D eigenvalue weighted by Gasteiger charge is 2.39. The van der Waals surface area contributed by atoms with Gasteiger partial charge in [-0.15, -0.1) is 0 Å². The SMILES string of the molecule is CC(C)[C@H](N)C(=O)N1CCC[C@H]1C(=O)N[C@H](C(=O)N[C@@H](CCC(N)=O)C(=O)N[C@@H](CO)C(=O)N[C@@H](CO)C(=O)NCC(=O)O)[C@@H](C)O. The molecule has 1 aliphatic heterocycles. The lowest BCUT2D eigenvalue weighted by molar-refractivity contribution is -0.142. The fourth-order valence-corrected chi connectivity index (χ4v) is 4.47. The number of aliphatic hydroxyl groups excluding tert-OH is 3. The first-order chi connectivity index (χ1) is 21.9. The van der Waals surface area contributed by atoms with Crippen LogP contribution in [0.2, 0.25) is 0 Å². The molecule has 0 unspecified atom stereocenters. The van der Waals surface area contributed by atoms with E-state index in [1.807, 2.05) is 10.6 Å². The van der Waals surface area contributed by atoms with Crippen LogP contribution in [0.5, 0.6) is 0 Å². The van der Waals surface area contributed by atoms with Crippen molar-refractivity contribution in [3.05, 3.63) is 0 Å². The Morgan fingerprint density at radius 2 is 1.36 bits per heavy atom. The maximum atomic E-state index is 13.2. The van der Waals surface area contributed by atoms with E-state index in [2.05, 4.69) is 16.0 Å². The van der Waals surface area contributed by atoms with E-state index >= 15 is 0 Å². The van der Waals surface area contributed by atoms with Gasteiger partial charge >= 0.3 is 5.97 Å². The molecule has 7 atom stereocenters. The van der Waals surface area contributed by atoms with Crippen LogP contribution in [0.25, 0.3) is 0 Å². The van der Waals surface area contributed by atoms with Crippen LogP contribution < -0.4 is 38.1 Å². The van der Waals surface area contributed by atoms with Crippen LogP contribution in [-0.4, -0.2) is 141 Å². The molecular formula is C27H46N8O12. The van der Waals surface area contributed by atoms with Crippen molar-refractivity contribution in [1.82, 2.24) is 31.5 Å². The third-order valence-corrected chi connectivity index (χ3v) is 7.26. The second-order valence-corrected chi connectivity index (χ2v) is 11.4. The van der Waals surface area contributed by atoms with Crippen LogP contribution in [-0.2, 0) is 38.4 Å². The van der Waals surface area contributed by atoms with E-state index in [0.717, 1.165) is 0 Å². The molecular weight excluding hydrogens is 628 g/mol. The van der Waals surface area contributed by atoms with E-state index in [-0.39, 0.29) is 18.9 Å². The van der Waals surface area contributed by atoms with Crippen LogP contribution in [0, 0.1) is 5.92 Å². The van der Waals surface area contributed by atoms with Crippen molar-refractivity contribution in [3.63, 3.8) is 0 Å². The number of hydrogen-bond donors (Lipinski definition) is 11. The van der Waals surface area contributed by atoms with Crippen molar-refractivity contribution in [3.8, 4) is 0 Å². The number of carbonyl (C=O) groups excluding carboxylic acids is 7. The van der Waals surface area contributed by atoms with Crippen molar-refractivity contribution in [2.45, 2.75) is 88.8 Å². The molecule has 20 heteroatoms. The number of rotatable bonds is 19. The van der Waals surface area contributed by atoms with Gasteiger partial charge in [-0.25, -0.2) is 0 Å². The zero-order valence-electron chi connectivity index (χ0n) is 26.4. The lowest BCUT2D eigenvalue weighted by Gasteiger charge is -2.30. The first-order valence-corrected chi connectivity index (χ1v) is 14.9. The summed E-state index contributed by atoms with van der Waals surface area (Å²) in [6.07, 6.45) is -1.61. The highest BCUT2D eigenvalue weighted by Crippen LogP contribution is 2.20. The van der Waals surface area contributed by atoms with Gasteiger partial charge in [-0.2, -0.15) is 0 Å². The van der Waals surface area contributed by atoms with Gasteiger partial charge in [0.1, 0.15) is 36.8 Å². The molecule has 1 fully saturated rings. The Kier molecular flexibility index (Phi) is 16.7. The van der Waals surface area contributed by atoms with Crippen LogP contribution in [0.15, 0.2) is 0 Å². The zero-order chi connectivity index (χ0) is 36.0. The van der Waals surface area contributed by atoms with Crippen LogP contribution >= 0.6 is 0 Å². The number of carboxylic acid groups (broad SMARTS) is 1. The molecule has 7 amide bonds. The third kappa shape index (κ3) is 12.7. The lowest BCUT2D eigenvalue weighted by Crippen LogP contribution is -2.61. The van der Waals surface area contributed by atoms with Gasteiger partial charge < -0.3 is 63.4 Å². The van der Waals surface area contributed by atoms with Gasteiger partial charge in [0.25, 0.3) is 0 Å². The van der Waals surface area contributed by atoms with Crippen LogP contribution in [0.3, 0.4) is 0 Å². The summed E-state index contributed by atoms with van der Waals surface area (Å²) in [7, 11) is 0. The second-order valence-electron chi connectivity index (χ2n) is 11.4. The molecule has 1 rings (SSSR count). The summed E-state index contributed by atoms with van der Waals surface area (Å²) in [6.45, 7) is 2.11. The van der Waals surface area contributed by atoms with Crippen LogP contribution in [0.1, 0.15) is 46.5 Å². The summed E-state index contributed by atoms with van der Waals surface area (Å²) >= 11 is 0. The Bertz CT molecular complexity index is 1170. The lowest BCUT2D eigenvalue weighted by atomic mass is 10.0. The highest BCUT2D eigenvalue weighted by atomic mass is 16.4. The molecule has 266 valence electrons. The van der Waals surface area contributed by atoms with Gasteiger partial charge in [0.05, 0.1) is 25.4 Å². The van der Waals surface area contributed by atoms with Crippen molar-refractivity contribution >= 4 is 47.3 Å². The first-order valence-electron chi connectivity index (χ1n) is 14.9. The molecule has 0 aromatic carbocycles. The topological polar surface area (TPSA) is 333 Å². The largest absolute Gasteiger partial charge is 0.480 e. The number of amides is 7. The number of nitrogens with zero attached hydrogens (tertiary/aromatic N) is 1. The fourth-order valence-electron chi connectivity index (χ4n) is 4.47. The maximum Gasteiger partial charge on any atom is 0.322 e. The van der Waals surface area contributed by atoms with Crippen molar-refractivity contribution in [2.75, 3.05) is 26.3 Å². The number of likely N-dealkylation sites (tertiary alicyclic amines) is 1. The molecule has 1 aliphatic rings. The van der Waals surface area contributed by atoms with E-state index in [1.54, 1.807) is 13.8 Å². The number of aliphatic hydroxyl groups is 3. The average Bonchev–Trinajstić information content (AvgIpc) is 3.50. The van der Waals surface area contributed by atoms with Gasteiger partial charge in [0.2, 0.25) is 41.4 Å². The normalized spacial score (nSPS) is 18.1. The van der Waals surface area contributed by atoms with Gasteiger partial charge in [0.15, 0.2) is 0 Å². The van der Waals surface area contributed by atoms with Crippen molar-refractivity contribution < 1.29 is 58.8 Å². The van der Waals surface area contributed by atoms with E-state index < -0.39 is 122 Å². The Labute approximate surface area is 270 Å². The summed E-state index contributed by atoms with van der Waals surface area (Å²) in [6, 6.07) is -8.50. The minimum atomic E-state index is -1.76. The van der Waals surface area contributed by atoms with Gasteiger partial charge in [-0.1, -0.05) is 13.8 Å². The molecule has 13 N–H and O–H groups in total. The molecule has 20 nitrogen and oxygen atoms in total. The van der Waals surface area contributed by atoms with E-state index in [9.17, 15) is 53.7 Å². The number of nitrogens with one attached hydrogen (secondary N) is 5. The molecule has 1 saturated heterocycles. The molecule has 0 radical (unpaired) electrons. The zero-order valence-corrected chi connectivity index (χ0v) is 26.4. The number of carbonyl (C=O) groups is 8. The molecule has 0 aromatic rings. The number of carboxylic acids is 1. The first kappa shape index (κ1) is 40.6. The predicted octanol–water partition coefficient (Wildman–Crippen LogP) is -6.27. The molecule has 0 saturated carbocycles. The fraction of sp³-hybridized carbons (Fsp3) is 0.704. The summed E-state index contributed by atoms with van der Waals surface area (Å²) < 4.78 is 0. The number of nitrogens with two attached hydrogens (primary N) is 2.